The quantitative estimate of drug-likeness (QED) is 0.679. The second-order valence-electron chi connectivity index (χ2n) is 4.63. The van der Waals surface area contributed by atoms with Crippen LogP contribution >= 0.6 is 0 Å². The van der Waals surface area contributed by atoms with Gasteiger partial charge in [0.25, 0.3) is 5.56 Å². The zero-order valence-corrected chi connectivity index (χ0v) is 11.2. The van der Waals surface area contributed by atoms with Crippen molar-refractivity contribution in [2.24, 2.45) is 0 Å². The van der Waals surface area contributed by atoms with Crippen LogP contribution in [0.25, 0.3) is 16.5 Å². The molecule has 3 rings (SSSR count). The molecule has 21 heavy (non-hydrogen) atoms. The molecule has 104 valence electrons. The zero-order chi connectivity index (χ0) is 15.0. The molecule has 0 radical (unpaired) electrons. The minimum Gasteiger partial charge on any atom is -0.298 e. The molecule has 2 heterocycles. The average Bonchev–Trinajstić information content (AvgIpc) is 2.48. The third kappa shape index (κ3) is 1.94. The van der Waals surface area contributed by atoms with Gasteiger partial charge in [-0.15, -0.1) is 0 Å². The standard InChI is InChI=1S/C16H11FN2O2/c1-10-13(9-20)12-5-2-6-14(17)15(12)16(21)19(10)11-4-3-7-18-8-11/h2-9H,1H3. The summed E-state index contributed by atoms with van der Waals surface area (Å²) in [6, 6.07) is 7.62. The minimum atomic E-state index is -0.641. The molecule has 2 aromatic heterocycles. The summed E-state index contributed by atoms with van der Waals surface area (Å²) in [7, 11) is 0. The second-order valence-corrected chi connectivity index (χ2v) is 4.63. The van der Waals surface area contributed by atoms with Crippen LogP contribution in [0.5, 0.6) is 0 Å². The van der Waals surface area contributed by atoms with Crippen molar-refractivity contribution in [3.8, 4) is 5.69 Å². The summed E-state index contributed by atoms with van der Waals surface area (Å²) in [5, 5.41) is 0.238. The fraction of sp³-hybridized carbons (Fsp3) is 0.0625. The lowest BCUT2D eigenvalue weighted by Gasteiger charge is -2.14. The molecule has 0 aliphatic rings. The summed E-state index contributed by atoms with van der Waals surface area (Å²) in [6.07, 6.45) is 3.71. The zero-order valence-electron chi connectivity index (χ0n) is 11.2. The first-order chi connectivity index (χ1) is 10.1. The van der Waals surface area contributed by atoms with Gasteiger partial charge >= 0.3 is 0 Å². The summed E-state index contributed by atoms with van der Waals surface area (Å²) in [5.41, 5.74) is 0.751. The topological polar surface area (TPSA) is 52.0 Å². The second kappa shape index (κ2) is 4.94. The van der Waals surface area contributed by atoms with Crippen LogP contribution in [0.2, 0.25) is 0 Å². The van der Waals surface area contributed by atoms with Crippen LogP contribution < -0.4 is 5.56 Å². The highest BCUT2D eigenvalue weighted by atomic mass is 19.1. The van der Waals surface area contributed by atoms with Crippen LogP contribution in [-0.4, -0.2) is 15.8 Å². The molecule has 0 aliphatic heterocycles. The van der Waals surface area contributed by atoms with Gasteiger partial charge in [-0.05, 0) is 25.1 Å². The molecular weight excluding hydrogens is 271 g/mol. The molecule has 0 saturated carbocycles. The monoisotopic (exact) mass is 282 g/mol. The number of aldehydes is 1. The molecule has 0 saturated heterocycles. The molecule has 0 amide bonds. The fourth-order valence-electron chi connectivity index (χ4n) is 2.49. The molecule has 0 spiro atoms. The molecular formula is C16H11FN2O2. The molecule has 3 aromatic rings. The maximum atomic E-state index is 14.0. The number of hydrogen-bond donors (Lipinski definition) is 0. The van der Waals surface area contributed by atoms with Gasteiger partial charge in [0.05, 0.1) is 17.3 Å². The Morgan fingerprint density at radius 2 is 2.05 bits per heavy atom. The largest absolute Gasteiger partial charge is 0.298 e. The van der Waals surface area contributed by atoms with Gasteiger partial charge < -0.3 is 0 Å². The molecule has 0 fully saturated rings. The van der Waals surface area contributed by atoms with E-state index in [-0.39, 0.29) is 5.39 Å². The van der Waals surface area contributed by atoms with E-state index in [1.807, 2.05) is 0 Å². The van der Waals surface area contributed by atoms with E-state index in [4.69, 9.17) is 0 Å². The number of hydrogen-bond acceptors (Lipinski definition) is 3. The number of carbonyl (C=O) groups is 1. The van der Waals surface area contributed by atoms with E-state index in [0.717, 1.165) is 0 Å². The number of carbonyl (C=O) groups excluding carboxylic acids is 1. The highest BCUT2D eigenvalue weighted by molar-refractivity contribution is 5.99. The number of benzene rings is 1. The van der Waals surface area contributed by atoms with Gasteiger partial charge in [-0.1, -0.05) is 12.1 Å². The van der Waals surface area contributed by atoms with Crippen LogP contribution in [0.1, 0.15) is 16.1 Å². The smallest absolute Gasteiger partial charge is 0.266 e. The number of halogens is 1. The predicted molar refractivity (Wildman–Crippen MR) is 77.4 cm³/mol. The van der Waals surface area contributed by atoms with Gasteiger partial charge in [0.1, 0.15) is 5.82 Å². The average molecular weight is 282 g/mol. The van der Waals surface area contributed by atoms with Crippen LogP contribution in [-0.2, 0) is 0 Å². The van der Waals surface area contributed by atoms with Crippen LogP contribution in [0.15, 0.2) is 47.5 Å². The molecule has 0 N–H and O–H groups in total. The minimum absolute atomic E-state index is 0.0888. The number of pyridine rings is 2. The molecule has 0 aliphatic carbocycles. The van der Waals surface area contributed by atoms with E-state index in [0.29, 0.717) is 28.6 Å². The molecule has 5 heteroatoms. The highest BCUT2D eigenvalue weighted by Gasteiger charge is 2.17. The van der Waals surface area contributed by atoms with Crippen molar-refractivity contribution in [1.29, 1.82) is 0 Å². The Bertz CT molecular complexity index is 902. The van der Waals surface area contributed by atoms with E-state index in [1.54, 1.807) is 31.3 Å². The van der Waals surface area contributed by atoms with E-state index in [2.05, 4.69) is 4.98 Å². The SMILES string of the molecule is Cc1c(C=O)c2cccc(F)c2c(=O)n1-c1cccnc1. The maximum Gasteiger partial charge on any atom is 0.266 e. The van der Waals surface area contributed by atoms with E-state index >= 15 is 0 Å². The van der Waals surface area contributed by atoms with Crippen LogP contribution in [0.4, 0.5) is 4.39 Å². The third-order valence-electron chi connectivity index (χ3n) is 3.47. The summed E-state index contributed by atoms with van der Waals surface area (Å²) >= 11 is 0. The van der Waals surface area contributed by atoms with Gasteiger partial charge in [-0.2, -0.15) is 0 Å². The van der Waals surface area contributed by atoms with Gasteiger partial charge in [0.15, 0.2) is 6.29 Å². The van der Waals surface area contributed by atoms with Crippen LogP contribution in [0, 0.1) is 12.7 Å². The lowest BCUT2D eigenvalue weighted by molar-refractivity contribution is 0.112. The number of fused-ring (bicyclic) bond motifs is 1. The summed E-state index contributed by atoms with van der Waals surface area (Å²) < 4.78 is 15.4. The first kappa shape index (κ1) is 13.2. The van der Waals surface area contributed by atoms with Gasteiger partial charge in [-0.25, -0.2) is 4.39 Å². The molecule has 4 nitrogen and oxygen atoms in total. The lowest BCUT2D eigenvalue weighted by Crippen LogP contribution is -2.23. The molecule has 0 unspecified atom stereocenters. The van der Waals surface area contributed by atoms with Crippen molar-refractivity contribution in [1.82, 2.24) is 9.55 Å². The number of nitrogens with zero attached hydrogens (tertiary/aromatic N) is 2. The van der Waals surface area contributed by atoms with Crippen molar-refractivity contribution in [2.75, 3.05) is 0 Å². The Morgan fingerprint density at radius 3 is 2.71 bits per heavy atom. The van der Waals surface area contributed by atoms with Crippen molar-refractivity contribution < 1.29 is 9.18 Å². The van der Waals surface area contributed by atoms with Gasteiger partial charge in [0.2, 0.25) is 0 Å². The Morgan fingerprint density at radius 1 is 1.24 bits per heavy atom. The Labute approximate surface area is 119 Å². The van der Waals surface area contributed by atoms with Gasteiger partial charge in [0, 0.05) is 22.8 Å². The van der Waals surface area contributed by atoms with E-state index in [9.17, 15) is 14.0 Å². The molecule has 1 aromatic carbocycles. The Balaban J connectivity index is 2.55. The van der Waals surface area contributed by atoms with E-state index < -0.39 is 11.4 Å². The Hall–Kier alpha value is -2.82. The lowest BCUT2D eigenvalue weighted by atomic mass is 10.0. The summed E-state index contributed by atoms with van der Waals surface area (Å²) in [5.74, 6) is -0.641. The number of aromatic nitrogens is 2. The summed E-state index contributed by atoms with van der Waals surface area (Å²) in [4.78, 5) is 28.0. The van der Waals surface area contributed by atoms with Crippen molar-refractivity contribution in [3.05, 3.63) is 70.2 Å². The predicted octanol–water partition coefficient (Wildman–Crippen LogP) is 2.65. The van der Waals surface area contributed by atoms with Crippen molar-refractivity contribution >= 4 is 17.1 Å². The first-order valence-corrected chi connectivity index (χ1v) is 6.34. The molecule has 0 atom stereocenters. The van der Waals surface area contributed by atoms with Gasteiger partial charge in [-0.3, -0.25) is 19.1 Å². The van der Waals surface area contributed by atoms with E-state index in [1.165, 1.54) is 22.9 Å². The summed E-state index contributed by atoms with van der Waals surface area (Å²) in [6.45, 7) is 1.66. The van der Waals surface area contributed by atoms with Crippen molar-refractivity contribution in [3.63, 3.8) is 0 Å². The fourth-order valence-corrected chi connectivity index (χ4v) is 2.49. The third-order valence-corrected chi connectivity index (χ3v) is 3.47. The normalized spacial score (nSPS) is 10.8. The van der Waals surface area contributed by atoms with Crippen molar-refractivity contribution in [2.45, 2.75) is 6.92 Å². The number of rotatable bonds is 2. The Kier molecular flexibility index (Phi) is 3.10. The first-order valence-electron chi connectivity index (χ1n) is 6.34. The molecule has 0 bridgehead atoms. The highest BCUT2D eigenvalue weighted by Crippen LogP contribution is 2.22. The maximum absolute atomic E-state index is 14.0. The van der Waals surface area contributed by atoms with Crippen LogP contribution in [0.3, 0.4) is 0 Å².